The maximum Gasteiger partial charge on any atom is 0.244 e. The van der Waals surface area contributed by atoms with Crippen molar-refractivity contribution in [2.24, 2.45) is 0 Å². The summed E-state index contributed by atoms with van der Waals surface area (Å²) in [5.74, 6) is 0.866. The van der Waals surface area contributed by atoms with Gasteiger partial charge in [-0.05, 0) is 49.7 Å². The summed E-state index contributed by atoms with van der Waals surface area (Å²) in [6.07, 6.45) is 0. The number of aryl methyl sites for hydroxylation is 2. The Bertz CT molecular complexity index is 852. The number of nitrogens with zero attached hydrogens (tertiary/aromatic N) is 2. The van der Waals surface area contributed by atoms with Crippen molar-refractivity contribution in [3.63, 3.8) is 0 Å². The van der Waals surface area contributed by atoms with Crippen molar-refractivity contribution in [1.29, 1.82) is 0 Å². The first-order valence-corrected chi connectivity index (χ1v) is 7.06. The van der Waals surface area contributed by atoms with Crippen molar-refractivity contribution < 1.29 is 9.90 Å². The smallest absolute Gasteiger partial charge is 0.244 e. The minimum absolute atomic E-state index is 0.125. The molecule has 2 N–H and O–H groups in total. The van der Waals surface area contributed by atoms with Gasteiger partial charge in [0.1, 0.15) is 18.1 Å². The fraction of sp³-hybridized carbons (Fsp3) is 0.176. The fourth-order valence-electron chi connectivity index (χ4n) is 2.52. The monoisotopic (exact) mass is 295 g/mol. The number of nitrogens with one attached hydrogen (secondary N) is 1. The summed E-state index contributed by atoms with van der Waals surface area (Å²) < 4.78 is 1.89. The molecule has 5 heteroatoms. The summed E-state index contributed by atoms with van der Waals surface area (Å²) in [5, 5.41) is 12.3. The van der Waals surface area contributed by atoms with Crippen molar-refractivity contribution in [3.8, 4) is 5.75 Å². The first-order chi connectivity index (χ1) is 10.5. The molecule has 2 aromatic carbocycles. The molecule has 0 unspecified atom stereocenters. The van der Waals surface area contributed by atoms with Crippen LogP contribution in [0.1, 0.15) is 11.4 Å². The van der Waals surface area contributed by atoms with E-state index >= 15 is 0 Å². The number of fused-ring (bicyclic) bond motifs is 1. The lowest BCUT2D eigenvalue weighted by atomic mass is 10.2. The molecule has 0 saturated carbocycles. The zero-order valence-electron chi connectivity index (χ0n) is 12.5. The molecule has 1 heterocycles. The molecule has 3 rings (SSSR count). The van der Waals surface area contributed by atoms with E-state index in [9.17, 15) is 9.90 Å². The molecule has 0 bridgehead atoms. The van der Waals surface area contributed by atoms with Crippen LogP contribution in [0, 0.1) is 13.8 Å². The van der Waals surface area contributed by atoms with Crippen LogP contribution in [-0.4, -0.2) is 20.6 Å². The van der Waals surface area contributed by atoms with Crippen LogP contribution in [0.5, 0.6) is 5.75 Å². The summed E-state index contributed by atoms with van der Waals surface area (Å²) in [6, 6.07) is 12.6. The lowest BCUT2D eigenvalue weighted by molar-refractivity contribution is -0.116. The molecule has 1 aromatic heterocycles. The van der Waals surface area contributed by atoms with Gasteiger partial charge in [-0.25, -0.2) is 4.98 Å². The minimum Gasteiger partial charge on any atom is -0.508 e. The molecule has 0 fully saturated rings. The van der Waals surface area contributed by atoms with Crippen molar-refractivity contribution in [2.75, 3.05) is 5.32 Å². The SMILES string of the molecule is Cc1cc(O)ccc1NC(=O)Cn1c(C)nc2ccccc21. The van der Waals surface area contributed by atoms with Gasteiger partial charge in [-0.2, -0.15) is 0 Å². The predicted molar refractivity (Wildman–Crippen MR) is 85.9 cm³/mol. The standard InChI is InChI=1S/C17H17N3O2/c1-11-9-13(21)7-8-14(11)19-17(22)10-20-12(2)18-15-5-3-4-6-16(15)20/h3-9,21H,10H2,1-2H3,(H,19,22). The minimum atomic E-state index is -0.125. The van der Waals surface area contributed by atoms with Gasteiger partial charge < -0.3 is 15.0 Å². The van der Waals surface area contributed by atoms with E-state index in [0.29, 0.717) is 5.69 Å². The Labute approximate surface area is 128 Å². The molecule has 0 spiro atoms. The first-order valence-electron chi connectivity index (χ1n) is 7.06. The van der Waals surface area contributed by atoms with Gasteiger partial charge >= 0.3 is 0 Å². The van der Waals surface area contributed by atoms with E-state index in [-0.39, 0.29) is 18.2 Å². The number of aromatic nitrogens is 2. The van der Waals surface area contributed by atoms with Crippen molar-refractivity contribution in [1.82, 2.24) is 9.55 Å². The highest BCUT2D eigenvalue weighted by atomic mass is 16.3. The number of phenols is 1. The lowest BCUT2D eigenvalue weighted by Gasteiger charge is -2.10. The molecule has 112 valence electrons. The van der Waals surface area contributed by atoms with E-state index in [2.05, 4.69) is 10.3 Å². The Kier molecular flexibility index (Phi) is 3.55. The average Bonchev–Trinajstić information content (AvgIpc) is 2.78. The highest BCUT2D eigenvalue weighted by Crippen LogP contribution is 2.20. The number of aromatic hydroxyl groups is 1. The van der Waals surface area contributed by atoms with Gasteiger partial charge in [-0.15, -0.1) is 0 Å². The molecule has 0 aliphatic heterocycles. The second-order valence-corrected chi connectivity index (χ2v) is 5.28. The third kappa shape index (κ3) is 2.65. The van der Waals surface area contributed by atoms with Crippen molar-refractivity contribution in [3.05, 3.63) is 53.9 Å². The van der Waals surface area contributed by atoms with Crippen LogP contribution >= 0.6 is 0 Å². The van der Waals surface area contributed by atoms with Crippen LogP contribution in [0.15, 0.2) is 42.5 Å². The fourth-order valence-corrected chi connectivity index (χ4v) is 2.52. The number of imidazole rings is 1. The summed E-state index contributed by atoms with van der Waals surface area (Å²) >= 11 is 0. The third-order valence-corrected chi connectivity index (χ3v) is 3.63. The molecular weight excluding hydrogens is 278 g/mol. The molecule has 1 amide bonds. The molecule has 0 atom stereocenters. The molecule has 0 aliphatic rings. The van der Waals surface area contributed by atoms with Gasteiger partial charge in [-0.3, -0.25) is 4.79 Å². The Morgan fingerprint density at radius 3 is 2.77 bits per heavy atom. The van der Waals surface area contributed by atoms with Crippen molar-refractivity contribution in [2.45, 2.75) is 20.4 Å². The predicted octanol–water partition coefficient (Wildman–Crippen LogP) is 3.00. The quantitative estimate of drug-likeness (QED) is 0.730. The van der Waals surface area contributed by atoms with Crippen LogP contribution in [0.2, 0.25) is 0 Å². The van der Waals surface area contributed by atoms with E-state index in [4.69, 9.17) is 0 Å². The lowest BCUT2D eigenvalue weighted by Crippen LogP contribution is -2.19. The van der Waals surface area contributed by atoms with Gasteiger partial charge in [0.15, 0.2) is 0 Å². The second kappa shape index (κ2) is 5.52. The molecule has 22 heavy (non-hydrogen) atoms. The topological polar surface area (TPSA) is 67.2 Å². The first kappa shape index (κ1) is 14.1. The number of carbonyl (C=O) groups is 1. The number of anilines is 1. The van der Waals surface area contributed by atoms with E-state index in [1.54, 1.807) is 18.2 Å². The number of amides is 1. The Balaban J connectivity index is 1.83. The van der Waals surface area contributed by atoms with E-state index < -0.39 is 0 Å². The average molecular weight is 295 g/mol. The van der Waals surface area contributed by atoms with E-state index in [0.717, 1.165) is 22.4 Å². The molecule has 3 aromatic rings. The van der Waals surface area contributed by atoms with Crippen LogP contribution in [-0.2, 0) is 11.3 Å². The normalized spacial score (nSPS) is 10.8. The Morgan fingerprint density at radius 1 is 1.23 bits per heavy atom. The Morgan fingerprint density at radius 2 is 2.00 bits per heavy atom. The maximum absolute atomic E-state index is 12.3. The van der Waals surface area contributed by atoms with Crippen LogP contribution in [0.4, 0.5) is 5.69 Å². The zero-order valence-corrected chi connectivity index (χ0v) is 12.5. The van der Waals surface area contributed by atoms with Crippen LogP contribution in [0.25, 0.3) is 11.0 Å². The molecular formula is C17H17N3O2. The Hall–Kier alpha value is -2.82. The summed E-state index contributed by atoms with van der Waals surface area (Å²) in [4.78, 5) is 16.7. The van der Waals surface area contributed by atoms with E-state index in [1.807, 2.05) is 42.7 Å². The summed E-state index contributed by atoms with van der Waals surface area (Å²) in [5.41, 5.74) is 3.34. The van der Waals surface area contributed by atoms with Crippen LogP contribution in [0.3, 0.4) is 0 Å². The molecule has 5 nitrogen and oxygen atoms in total. The molecule has 0 saturated heterocycles. The number of benzene rings is 2. The van der Waals surface area contributed by atoms with Gasteiger partial charge in [-0.1, -0.05) is 12.1 Å². The van der Waals surface area contributed by atoms with Gasteiger partial charge in [0.2, 0.25) is 5.91 Å². The number of rotatable bonds is 3. The maximum atomic E-state index is 12.3. The third-order valence-electron chi connectivity index (χ3n) is 3.63. The van der Waals surface area contributed by atoms with Gasteiger partial charge in [0, 0.05) is 5.69 Å². The number of para-hydroxylation sites is 2. The second-order valence-electron chi connectivity index (χ2n) is 5.28. The van der Waals surface area contributed by atoms with Crippen LogP contribution < -0.4 is 5.32 Å². The van der Waals surface area contributed by atoms with Crippen molar-refractivity contribution >= 4 is 22.6 Å². The highest BCUT2D eigenvalue weighted by molar-refractivity contribution is 5.92. The van der Waals surface area contributed by atoms with E-state index in [1.165, 1.54) is 0 Å². The number of hydrogen-bond donors (Lipinski definition) is 2. The highest BCUT2D eigenvalue weighted by Gasteiger charge is 2.11. The number of phenolic OH excluding ortho intramolecular Hbond substituents is 1. The number of carbonyl (C=O) groups excluding carboxylic acids is 1. The zero-order chi connectivity index (χ0) is 15.7. The van der Waals surface area contributed by atoms with Gasteiger partial charge in [0.25, 0.3) is 0 Å². The molecule has 0 aliphatic carbocycles. The summed E-state index contributed by atoms with van der Waals surface area (Å²) in [6.45, 7) is 3.93. The summed E-state index contributed by atoms with van der Waals surface area (Å²) in [7, 11) is 0. The number of hydrogen-bond acceptors (Lipinski definition) is 3. The molecule has 0 radical (unpaired) electrons. The largest absolute Gasteiger partial charge is 0.508 e. The van der Waals surface area contributed by atoms with Gasteiger partial charge in [0.05, 0.1) is 11.0 Å².